The average molecular weight is 276 g/mol. The summed E-state index contributed by atoms with van der Waals surface area (Å²) >= 11 is 0. The molecule has 19 heavy (non-hydrogen) atoms. The van der Waals surface area contributed by atoms with Crippen molar-refractivity contribution in [2.75, 3.05) is 0 Å². The van der Waals surface area contributed by atoms with Crippen LogP contribution in [0, 0.1) is 11.8 Å². The highest BCUT2D eigenvalue weighted by Crippen LogP contribution is 2.16. The Morgan fingerprint density at radius 1 is 1.11 bits per heavy atom. The first kappa shape index (κ1) is 16.2. The van der Waals surface area contributed by atoms with Crippen molar-refractivity contribution in [2.45, 2.75) is 46.0 Å². The van der Waals surface area contributed by atoms with Crippen molar-refractivity contribution in [1.82, 2.24) is 0 Å². The maximum atomic E-state index is 10.0. The maximum Gasteiger partial charge on any atom is 0.0843 e. The molecule has 1 rings (SSSR count). The minimum atomic E-state index is -1.38. The lowest BCUT2D eigenvalue weighted by Gasteiger charge is -2.22. The summed E-state index contributed by atoms with van der Waals surface area (Å²) in [7, 11) is -1.38. The fraction of sp³-hybridized carbons (Fsp3) is 0.529. The molecule has 1 N–H and O–H groups in total. The van der Waals surface area contributed by atoms with Gasteiger partial charge >= 0.3 is 0 Å². The summed E-state index contributed by atoms with van der Waals surface area (Å²) in [6.07, 6.45) is 4.22. The Bertz CT molecular complexity index is 395. The SMILES string of the molecule is CC(C)C(O)C(C)/C=C/C[Si](C)(C)c1ccccc1. The number of hydrogen-bond donors (Lipinski definition) is 1. The van der Waals surface area contributed by atoms with Crippen molar-refractivity contribution >= 4 is 13.3 Å². The number of aliphatic hydroxyl groups is 1. The molecule has 0 radical (unpaired) electrons. The Morgan fingerprint density at radius 3 is 2.21 bits per heavy atom. The van der Waals surface area contributed by atoms with Crippen molar-refractivity contribution in [3.05, 3.63) is 42.5 Å². The summed E-state index contributed by atoms with van der Waals surface area (Å²) in [6, 6.07) is 11.9. The van der Waals surface area contributed by atoms with Crippen LogP contribution in [0.3, 0.4) is 0 Å². The van der Waals surface area contributed by atoms with E-state index in [2.05, 4.69) is 76.3 Å². The molecule has 0 aliphatic heterocycles. The molecule has 106 valence electrons. The van der Waals surface area contributed by atoms with Crippen molar-refractivity contribution in [3.8, 4) is 0 Å². The number of hydrogen-bond acceptors (Lipinski definition) is 1. The van der Waals surface area contributed by atoms with Crippen LogP contribution in [-0.4, -0.2) is 19.3 Å². The molecule has 0 bridgehead atoms. The van der Waals surface area contributed by atoms with Crippen LogP contribution in [0.25, 0.3) is 0 Å². The van der Waals surface area contributed by atoms with Crippen molar-refractivity contribution < 1.29 is 5.11 Å². The molecular formula is C17H28OSi. The van der Waals surface area contributed by atoms with Gasteiger partial charge in [-0.15, -0.1) is 0 Å². The van der Waals surface area contributed by atoms with E-state index >= 15 is 0 Å². The molecule has 0 aliphatic rings. The van der Waals surface area contributed by atoms with E-state index in [0.717, 1.165) is 6.04 Å². The van der Waals surface area contributed by atoms with E-state index in [9.17, 15) is 5.11 Å². The molecule has 0 amide bonds. The lowest BCUT2D eigenvalue weighted by atomic mass is 9.95. The highest BCUT2D eigenvalue weighted by molar-refractivity contribution is 6.90. The Labute approximate surface area is 119 Å². The minimum Gasteiger partial charge on any atom is -0.392 e. The summed E-state index contributed by atoms with van der Waals surface area (Å²) in [5.41, 5.74) is 0. The summed E-state index contributed by atoms with van der Waals surface area (Å²) in [5.74, 6) is 0.555. The van der Waals surface area contributed by atoms with E-state index in [1.807, 2.05) is 0 Å². The molecule has 0 aliphatic carbocycles. The molecular weight excluding hydrogens is 248 g/mol. The molecule has 0 saturated carbocycles. The third kappa shape index (κ3) is 4.96. The van der Waals surface area contributed by atoms with Crippen LogP contribution in [0.15, 0.2) is 42.5 Å². The Kier molecular flexibility index (Phi) is 6.02. The minimum absolute atomic E-state index is 0.237. The van der Waals surface area contributed by atoms with Crippen LogP contribution >= 0.6 is 0 Å². The number of rotatable bonds is 6. The first-order chi connectivity index (χ1) is 8.84. The zero-order valence-electron chi connectivity index (χ0n) is 12.9. The number of benzene rings is 1. The molecule has 0 aromatic heterocycles. The zero-order chi connectivity index (χ0) is 14.5. The fourth-order valence-electron chi connectivity index (χ4n) is 2.31. The van der Waals surface area contributed by atoms with E-state index in [1.54, 1.807) is 0 Å². The summed E-state index contributed by atoms with van der Waals surface area (Å²) in [5, 5.41) is 11.5. The normalized spacial score (nSPS) is 15.9. The molecule has 2 unspecified atom stereocenters. The standard InChI is InChI=1S/C17H28OSi/c1-14(2)17(18)15(3)10-9-13-19(4,5)16-11-7-6-8-12-16/h6-12,14-15,17-18H,13H2,1-5H3/b10-9+. The highest BCUT2D eigenvalue weighted by Gasteiger charge is 2.21. The molecule has 0 fully saturated rings. The largest absolute Gasteiger partial charge is 0.392 e. The monoisotopic (exact) mass is 276 g/mol. The zero-order valence-corrected chi connectivity index (χ0v) is 13.9. The third-order valence-corrected chi connectivity index (χ3v) is 7.00. The van der Waals surface area contributed by atoms with E-state index < -0.39 is 8.07 Å². The molecule has 0 saturated heterocycles. The highest BCUT2D eigenvalue weighted by atomic mass is 28.3. The van der Waals surface area contributed by atoms with Crippen LogP contribution in [0.4, 0.5) is 0 Å². The smallest absolute Gasteiger partial charge is 0.0843 e. The van der Waals surface area contributed by atoms with Gasteiger partial charge < -0.3 is 5.11 Å². The number of aliphatic hydroxyl groups excluding tert-OH is 1. The molecule has 1 aromatic carbocycles. The molecule has 2 atom stereocenters. The summed E-state index contributed by atoms with van der Waals surface area (Å²) in [6.45, 7) is 11.0. The van der Waals surface area contributed by atoms with Gasteiger partial charge in [0.25, 0.3) is 0 Å². The topological polar surface area (TPSA) is 20.2 Å². The molecule has 1 aromatic rings. The fourth-order valence-corrected chi connectivity index (χ4v) is 4.36. The van der Waals surface area contributed by atoms with E-state index in [4.69, 9.17) is 0 Å². The Balaban J connectivity index is 2.61. The van der Waals surface area contributed by atoms with Crippen LogP contribution < -0.4 is 5.19 Å². The Morgan fingerprint density at radius 2 is 1.68 bits per heavy atom. The average Bonchev–Trinajstić information content (AvgIpc) is 2.38. The van der Waals surface area contributed by atoms with Gasteiger partial charge in [0.1, 0.15) is 0 Å². The van der Waals surface area contributed by atoms with E-state index in [1.165, 1.54) is 5.19 Å². The van der Waals surface area contributed by atoms with Gasteiger partial charge in [0.15, 0.2) is 0 Å². The molecule has 2 heteroatoms. The van der Waals surface area contributed by atoms with Gasteiger partial charge in [-0.3, -0.25) is 0 Å². The summed E-state index contributed by atoms with van der Waals surface area (Å²) in [4.78, 5) is 0. The predicted molar refractivity (Wildman–Crippen MR) is 87.5 cm³/mol. The van der Waals surface area contributed by atoms with Gasteiger partial charge in [-0.05, 0) is 12.0 Å². The maximum absolute atomic E-state index is 10.0. The molecule has 0 heterocycles. The number of allylic oxidation sites excluding steroid dienone is 1. The molecule has 0 spiro atoms. The first-order valence-corrected chi connectivity index (χ1v) is 10.5. The lowest BCUT2D eigenvalue weighted by molar-refractivity contribution is 0.0911. The van der Waals surface area contributed by atoms with E-state index in [0.29, 0.717) is 5.92 Å². The second-order valence-corrected chi connectivity index (χ2v) is 11.2. The van der Waals surface area contributed by atoms with Crippen LogP contribution in [0.5, 0.6) is 0 Å². The van der Waals surface area contributed by atoms with Gasteiger partial charge in [0.05, 0.1) is 14.2 Å². The van der Waals surface area contributed by atoms with Crippen LogP contribution in [0.2, 0.25) is 19.1 Å². The van der Waals surface area contributed by atoms with E-state index in [-0.39, 0.29) is 12.0 Å². The second-order valence-electron chi connectivity index (χ2n) is 6.48. The lowest BCUT2D eigenvalue weighted by Crippen LogP contribution is -2.40. The van der Waals surface area contributed by atoms with Gasteiger partial charge in [-0.25, -0.2) is 0 Å². The Hall–Kier alpha value is -0.863. The quantitative estimate of drug-likeness (QED) is 0.619. The van der Waals surface area contributed by atoms with Crippen LogP contribution in [0.1, 0.15) is 20.8 Å². The van der Waals surface area contributed by atoms with Gasteiger partial charge in [0.2, 0.25) is 0 Å². The summed E-state index contributed by atoms with van der Waals surface area (Å²) < 4.78 is 0. The second kappa shape index (κ2) is 7.06. The van der Waals surface area contributed by atoms with Crippen molar-refractivity contribution in [1.29, 1.82) is 0 Å². The van der Waals surface area contributed by atoms with Gasteiger partial charge in [-0.2, -0.15) is 0 Å². The van der Waals surface area contributed by atoms with Crippen LogP contribution in [-0.2, 0) is 0 Å². The van der Waals surface area contributed by atoms with Gasteiger partial charge in [-0.1, -0.05) is 81.5 Å². The predicted octanol–water partition coefficient (Wildman–Crippen LogP) is 3.81. The van der Waals surface area contributed by atoms with Crippen molar-refractivity contribution in [2.24, 2.45) is 11.8 Å². The third-order valence-electron chi connectivity index (χ3n) is 3.84. The first-order valence-electron chi connectivity index (χ1n) is 7.25. The van der Waals surface area contributed by atoms with Crippen molar-refractivity contribution in [3.63, 3.8) is 0 Å². The molecule has 1 nitrogen and oxygen atoms in total. The van der Waals surface area contributed by atoms with Gasteiger partial charge in [0, 0.05) is 5.92 Å².